The zero-order valence-corrected chi connectivity index (χ0v) is 14.8. The zero-order valence-electron chi connectivity index (χ0n) is 12.5. The molecule has 2 aromatic rings. The minimum atomic E-state index is -0.459. The number of nitrogens with one attached hydrogen (secondary N) is 2. The van der Waals surface area contributed by atoms with Gasteiger partial charge in [0, 0.05) is 11.9 Å². The lowest BCUT2D eigenvalue weighted by molar-refractivity contribution is -0.118. The summed E-state index contributed by atoms with van der Waals surface area (Å²) >= 11 is 17.8. The Morgan fingerprint density at radius 1 is 1.04 bits per heavy atom. The number of rotatable bonds is 5. The van der Waals surface area contributed by atoms with E-state index in [1.165, 1.54) is 19.1 Å². The Hall–Kier alpha value is -1.95. The van der Waals surface area contributed by atoms with Crippen molar-refractivity contribution in [2.75, 3.05) is 17.2 Å². The van der Waals surface area contributed by atoms with Gasteiger partial charge in [-0.3, -0.25) is 9.59 Å². The molecule has 0 aliphatic heterocycles. The summed E-state index contributed by atoms with van der Waals surface area (Å²) in [5.74, 6) is -0.329. The highest BCUT2D eigenvalue weighted by molar-refractivity contribution is 6.42. The van der Waals surface area contributed by atoms with E-state index < -0.39 is 5.91 Å². The van der Waals surface area contributed by atoms with Crippen LogP contribution in [-0.2, 0) is 9.59 Å². The highest BCUT2D eigenvalue weighted by atomic mass is 35.5. The first kappa shape index (κ1) is 18.4. The van der Waals surface area contributed by atoms with Crippen molar-refractivity contribution in [3.63, 3.8) is 0 Å². The van der Waals surface area contributed by atoms with Crippen LogP contribution in [0.15, 0.2) is 36.4 Å². The molecule has 24 heavy (non-hydrogen) atoms. The summed E-state index contributed by atoms with van der Waals surface area (Å²) in [4.78, 5) is 23.2. The third-order valence-electron chi connectivity index (χ3n) is 2.83. The van der Waals surface area contributed by atoms with Crippen molar-refractivity contribution in [2.45, 2.75) is 6.92 Å². The van der Waals surface area contributed by atoms with E-state index in [2.05, 4.69) is 10.6 Å². The highest BCUT2D eigenvalue weighted by Crippen LogP contribution is 2.33. The number of para-hydroxylation sites is 2. The van der Waals surface area contributed by atoms with Gasteiger partial charge in [0.15, 0.2) is 6.61 Å². The van der Waals surface area contributed by atoms with Crippen LogP contribution < -0.4 is 15.4 Å². The Labute approximate surface area is 153 Å². The van der Waals surface area contributed by atoms with Gasteiger partial charge in [-0.05, 0) is 24.3 Å². The van der Waals surface area contributed by atoms with E-state index in [1.807, 2.05) is 0 Å². The van der Waals surface area contributed by atoms with Crippen molar-refractivity contribution in [1.82, 2.24) is 0 Å². The SMILES string of the molecule is CC(=O)Nc1ccccc1OCC(=O)Nc1c(Cl)cc(Cl)cc1Cl. The fraction of sp³-hybridized carbons (Fsp3) is 0.125. The molecule has 2 amide bonds. The van der Waals surface area contributed by atoms with Gasteiger partial charge in [0.1, 0.15) is 5.75 Å². The maximum Gasteiger partial charge on any atom is 0.262 e. The number of anilines is 2. The van der Waals surface area contributed by atoms with Crippen LogP contribution in [-0.4, -0.2) is 18.4 Å². The number of benzene rings is 2. The number of ether oxygens (including phenoxy) is 1. The van der Waals surface area contributed by atoms with Crippen LogP contribution in [0.2, 0.25) is 15.1 Å². The number of hydrogen-bond donors (Lipinski definition) is 2. The molecular formula is C16H13Cl3N2O3. The van der Waals surface area contributed by atoms with Gasteiger partial charge in [-0.2, -0.15) is 0 Å². The van der Waals surface area contributed by atoms with Gasteiger partial charge in [-0.25, -0.2) is 0 Å². The van der Waals surface area contributed by atoms with Gasteiger partial charge in [-0.1, -0.05) is 46.9 Å². The molecule has 0 aliphatic carbocycles. The van der Waals surface area contributed by atoms with Crippen molar-refractivity contribution < 1.29 is 14.3 Å². The lowest BCUT2D eigenvalue weighted by Crippen LogP contribution is -2.21. The Balaban J connectivity index is 2.03. The molecule has 0 fully saturated rings. The average molecular weight is 388 g/mol. The summed E-state index contributed by atoms with van der Waals surface area (Å²) in [5.41, 5.74) is 0.729. The van der Waals surface area contributed by atoms with Crippen molar-refractivity contribution in [2.24, 2.45) is 0 Å². The number of amides is 2. The van der Waals surface area contributed by atoms with Gasteiger partial charge in [-0.15, -0.1) is 0 Å². The van der Waals surface area contributed by atoms with E-state index >= 15 is 0 Å². The molecular weight excluding hydrogens is 375 g/mol. The molecule has 0 saturated heterocycles. The summed E-state index contributed by atoms with van der Waals surface area (Å²) in [7, 11) is 0. The first-order chi connectivity index (χ1) is 11.4. The molecule has 0 unspecified atom stereocenters. The van der Waals surface area contributed by atoms with Crippen LogP contribution in [0.5, 0.6) is 5.75 Å². The second kappa shape index (κ2) is 8.24. The Morgan fingerprint density at radius 3 is 2.29 bits per heavy atom. The van der Waals surface area contributed by atoms with Crippen LogP contribution in [0.3, 0.4) is 0 Å². The fourth-order valence-electron chi connectivity index (χ4n) is 1.87. The second-order valence-corrected chi connectivity index (χ2v) is 6.01. The largest absolute Gasteiger partial charge is 0.482 e. The van der Waals surface area contributed by atoms with E-state index in [9.17, 15) is 9.59 Å². The number of carbonyl (C=O) groups excluding carboxylic acids is 2. The van der Waals surface area contributed by atoms with Gasteiger partial charge in [0.2, 0.25) is 5.91 Å². The minimum Gasteiger partial charge on any atom is -0.482 e. The normalized spacial score (nSPS) is 10.2. The lowest BCUT2D eigenvalue weighted by Gasteiger charge is -2.13. The quantitative estimate of drug-likeness (QED) is 0.786. The van der Waals surface area contributed by atoms with Crippen molar-refractivity contribution in [3.8, 4) is 5.75 Å². The summed E-state index contributed by atoms with van der Waals surface area (Å²) in [6.45, 7) is 1.10. The van der Waals surface area contributed by atoms with E-state index in [0.29, 0.717) is 16.5 Å². The zero-order chi connectivity index (χ0) is 17.7. The molecule has 0 aliphatic rings. The maximum absolute atomic E-state index is 12.0. The molecule has 0 atom stereocenters. The molecule has 8 heteroatoms. The predicted octanol–water partition coefficient (Wildman–Crippen LogP) is 4.62. The molecule has 5 nitrogen and oxygen atoms in total. The molecule has 0 aromatic heterocycles. The second-order valence-electron chi connectivity index (χ2n) is 4.76. The molecule has 2 aromatic carbocycles. The third kappa shape index (κ3) is 5.03. The van der Waals surface area contributed by atoms with Crippen LogP contribution >= 0.6 is 34.8 Å². The molecule has 0 spiro atoms. The standard InChI is InChI=1S/C16H13Cl3N2O3/c1-9(22)20-13-4-2-3-5-14(13)24-8-15(23)21-16-11(18)6-10(17)7-12(16)19/h2-7H,8H2,1H3,(H,20,22)(H,21,23). The van der Waals surface area contributed by atoms with E-state index in [4.69, 9.17) is 39.5 Å². The fourth-order valence-corrected chi connectivity index (χ4v) is 2.78. The summed E-state index contributed by atoms with van der Waals surface area (Å²) in [5, 5.41) is 5.99. The van der Waals surface area contributed by atoms with Crippen LogP contribution in [0.4, 0.5) is 11.4 Å². The third-order valence-corrected chi connectivity index (χ3v) is 3.64. The Kier molecular flexibility index (Phi) is 6.31. The lowest BCUT2D eigenvalue weighted by atomic mass is 10.3. The number of hydrogen-bond acceptors (Lipinski definition) is 3. The summed E-state index contributed by atoms with van der Waals surface area (Å²) < 4.78 is 5.44. The first-order valence-electron chi connectivity index (χ1n) is 6.80. The minimum absolute atomic E-state index is 0.222. The smallest absolute Gasteiger partial charge is 0.262 e. The molecule has 2 rings (SSSR count). The van der Waals surface area contributed by atoms with Crippen molar-refractivity contribution in [3.05, 3.63) is 51.5 Å². The van der Waals surface area contributed by atoms with Gasteiger partial charge < -0.3 is 15.4 Å². The van der Waals surface area contributed by atoms with Crippen LogP contribution in [0.1, 0.15) is 6.92 Å². The molecule has 0 radical (unpaired) electrons. The monoisotopic (exact) mass is 386 g/mol. The molecule has 0 heterocycles. The van der Waals surface area contributed by atoms with Crippen molar-refractivity contribution in [1.29, 1.82) is 0 Å². The summed E-state index contributed by atoms with van der Waals surface area (Å²) in [6, 6.07) is 9.72. The molecule has 2 N–H and O–H groups in total. The number of carbonyl (C=O) groups is 2. The Morgan fingerprint density at radius 2 is 1.67 bits per heavy atom. The molecule has 126 valence electrons. The molecule has 0 bridgehead atoms. The predicted molar refractivity (Wildman–Crippen MR) is 96.3 cm³/mol. The highest BCUT2D eigenvalue weighted by Gasteiger charge is 2.13. The van der Waals surface area contributed by atoms with Crippen LogP contribution in [0.25, 0.3) is 0 Å². The molecule has 0 saturated carbocycles. The average Bonchev–Trinajstić information content (AvgIpc) is 2.49. The van der Waals surface area contributed by atoms with E-state index in [-0.39, 0.29) is 28.2 Å². The van der Waals surface area contributed by atoms with Crippen molar-refractivity contribution >= 4 is 58.0 Å². The van der Waals surface area contributed by atoms with Gasteiger partial charge >= 0.3 is 0 Å². The first-order valence-corrected chi connectivity index (χ1v) is 7.94. The summed E-state index contributed by atoms with van der Waals surface area (Å²) in [6.07, 6.45) is 0. The van der Waals surface area contributed by atoms with E-state index in [0.717, 1.165) is 0 Å². The maximum atomic E-state index is 12.0. The topological polar surface area (TPSA) is 67.4 Å². The van der Waals surface area contributed by atoms with Gasteiger partial charge in [0.05, 0.1) is 21.4 Å². The Bertz CT molecular complexity index is 758. The number of halogens is 3. The van der Waals surface area contributed by atoms with E-state index in [1.54, 1.807) is 24.3 Å². The van der Waals surface area contributed by atoms with Gasteiger partial charge in [0.25, 0.3) is 5.91 Å². The van der Waals surface area contributed by atoms with Crippen LogP contribution in [0, 0.1) is 0 Å².